The molecular formula is C22H24F3N5O. The third kappa shape index (κ3) is 5.43. The number of amides is 1. The zero-order chi connectivity index (χ0) is 22.4. The van der Waals surface area contributed by atoms with Crippen molar-refractivity contribution < 1.29 is 18.0 Å². The number of halogens is 3. The van der Waals surface area contributed by atoms with Crippen LogP contribution in [0.5, 0.6) is 0 Å². The summed E-state index contributed by atoms with van der Waals surface area (Å²) in [6.07, 6.45) is 3.30. The third-order valence-corrected chi connectivity index (χ3v) is 5.05. The minimum Gasteiger partial charge on any atom is -0.388 e. The van der Waals surface area contributed by atoms with Gasteiger partial charge >= 0.3 is 6.18 Å². The Bertz CT molecular complexity index is 1060. The van der Waals surface area contributed by atoms with Crippen LogP contribution in [0.1, 0.15) is 17.5 Å². The minimum atomic E-state index is -4.24. The van der Waals surface area contributed by atoms with Crippen molar-refractivity contribution in [1.82, 2.24) is 14.9 Å². The second kappa shape index (κ2) is 9.65. The predicted molar refractivity (Wildman–Crippen MR) is 117 cm³/mol. The van der Waals surface area contributed by atoms with Crippen LogP contribution in [0.2, 0.25) is 0 Å². The van der Waals surface area contributed by atoms with E-state index in [9.17, 15) is 18.0 Å². The summed E-state index contributed by atoms with van der Waals surface area (Å²) in [7, 11) is 3.77. The molecule has 0 spiro atoms. The van der Waals surface area contributed by atoms with Crippen molar-refractivity contribution in [3.63, 3.8) is 0 Å². The number of hydrogen-bond donors (Lipinski definition) is 3. The number of nitrogens with zero attached hydrogens (tertiary/aromatic N) is 2. The smallest absolute Gasteiger partial charge is 0.388 e. The zero-order valence-corrected chi connectivity index (χ0v) is 17.3. The molecule has 9 heteroatoms. The van der Waals surface area contributed by atoms with Gasteiger partial charge in [-0.25, -0.2) is 4.98 Å². The first-order valence-corrected chi connectivity index (χ1v) is 9.72. The highest BCUT2D eigenvalue weighted by molar-refractivity contribution is 6.02. The van der Waals surface area contributed by atoms with E-state index in [0.717, 1.165) is 53.9 Å². The van der Waals surface area contributed by atoms with E-state index in [4.69, 9.17) is 0 Å². The predicted octanol–water partition coefficient (Wildman–Crippen LogP) is 4.60. The van der Waals surface area contributed by atoms with Crippen molar-refractivity contribution in [3.05, 3.63) is 59.9 Å². The second-order valence-corrected chi connectivity index (χ2v) is 7.11. The van der Waals surface area contributed by atoms with E-state index < -0.39 is 11.7 Å². The molecule has 0 atom stereocenters. The van der Waals surface area contributed by atoms with Crippen LogP contribution in [-0.4, -0.2) is 48.5 Å². The van der Waals surface area contributed by atoms with E-state index in [0.29, 0.717) is 12.1 Å². The Morgan fingerprint density at radius 3 is 2.52 bits per heavy atom. The van der Waals surface area contributed by atoms with Gasteiger partial charge < -0.3 is 20.5 Å². The van der Waals surface area contributed by atoms with Crippen LogP contribution >= 0.6 is 0 Å². The number of anilines is 2. The van der Waals surface area contributed by atoms with Crippen LogP contribution in [0.4, 0.5) is 24.5 Å². The summed E-state index contributed by atoms with van der Waals surface area (Å²) >= 11 is 0. The Balaban J connectivity index is 0.000000196. The molecule has 164 valence electrons. The maximum absolute atomic E-state index is 12.0. The number of aromatic amines is 1. The molecule has 1 aliphatic heterocycles. The van der Waals surface area contributed by atoms with Crippen molar-refractivity contribution in [2.75, 3.05) is 37.8 Å². The lowest BCUT2D eigenvalue weighted by atomic mass is 9.97. The van der Waals surface area contributed by atoms with Crippen molar-refractivity contribution >= 4 is 34.4 Å². The van der Waals surface area contributed by atoms with E-state index in [1.54, 1.807) is 19.4 Å². The normalized spacial score (nSPS) is 14.4. The molecule has 0 bridgehead atoms. The van der Waals surface area contributed by atoms with E-state index in [1.165, 1.54) is 17.7 Å². The summed E-state index contributed by atoms with van der Waals surface area (Å²) in [6.45, 7) is 2.01. The van der Waals surface area contributed by atoms with Gasteiger partial charge in [-0.3, -0.25) is 4.79 Å². The molecule has 3 N–H and O–H groups in total. The molecule has 1 aromatic carbocycles. The lowest BCUT2D eigenvalue weighted by Gasteiger charge is -2.22. The van der Waals surface area contributed by atoms with Gasteiger partial charge in [-0.1, -0.05) is 6.08 Å². The number of aromatic nitrogens is 2. The molecule has 0 fully saturated rings. The van der Waals surface area contributed by atoms with Crippen LogP contribution < -0.4 is 10.6 Å². The van der Waals surface area contributed by atoms with Gasteiger partial charge in [-0.2, -0.15) is 13.2 Å². The van der Waals surface area contributed by atoms with E-state index in [1.807, 2.05) is 6.07 Å². The van der Waals surface area contributed by atoms with Gasteiger partial charge in [0.05, 0.1) is 11.3 Å². The molecule has 0 saturated heterocycles. The average molecular weight is 431 g/mol. The number of benzene rings is 1. The van der Waals surface area contributed by atoms with Gasteiger partial charge in [0.25, 0.3) is 0 Å². The Morgan fingerprint density at radius 1 is 1.19 bits per heavy atom. The first-order chi connectivity index (χ1) is 14.8. The number of hydrogen-bond acceptors (Lipinski definition) is 4. The molecule has 0 unspecified atom stereocenters. The third-order valence-electron chi connectivity index (χ3n) is 5.05. The lowest BCUT2D eigenvalue weighted by molar-refractivity contribution is -0.137. The molecule has 0 radical (unpaired) electrons. The van der Waals surface area contributed by atoms with Crippen LogP contribution in [0.25, 0.3) is 16.6 Å². The largest absolute Gasteiger partial charge is 0.416 e. The molecule has 0 saturated carbocycles. The fraction of sp³-hybridized carbons (Fsp3) is 0.273. The van der Waals surface area contributed by atoms with Gasteiger partial charge in [-0.15, -0.1) is 0 Å². The van der Waals surface area contributed by atoms with Crippen LogP contribution in [0.15, 0.2) is 48.8 Å². The summed E-state index contributed by atoms with van der Waals surface area (Å²) < 4.78 is 36.0. The molecule has 31 heavy (non-hydrogen) atoms. The van der Waals surface area contributed by atoms with E-state index in [-0.39, 0.29) is 0 Å². The summed E-state index contributed by atoms with van der Waals surface area (Å²) in [5.41, 5.74) is 4.11. The zero-order valence-electron chi connectivity index (χ0n) is 17.3. The number of pyridine rings is 1. The second-order valence-electron chi connectivity index (χ2n) is 7.11. The van der Waals surface area contributed by atoms with E-state index in [2.05, 4.69) is 38.6 Å². The maximum Gasteiger partial charge on any atom is 0.416 e. The monoisotopic (exact) mass is 431 g/mol. The van der Waals surface area contributed by atoms with E-state index >= 15 is 0 Å². The molecule has 2 aromatic heterocycles. The highest BCUT2D eigenvalue weighted by Gasteiger charge is 2.29. The number of carbonyl (C=O) groups excluding carboxylic acids is 1. The molecule has 3 aromatic rings. The average Bonchev–Trinajstić information content (AvgIpc) is 3.18. The number of H-pyrrole nitrogens is 1. The lowest BCUT2D eigenvalue weighted by Crippen LogP contribution is -2.23. The number of carbonyl (C=O) groups is 1. The maximum atomic E-state index is 12.0. The Kier molecular flexibility index (Phi) is 6.96. The number of alkyl halides is 3. The Morgan fingerprint density at radius 2 is 1.94 bits per heavy atom. The van der Waals surface area contributed by atoms with Crippen molar-refractivity contribution in [1.29, 1.82) is 0 Å². The van der Waals surface area contributed by atoms with Crippen molar-refractivity contribution in [2.24, 2.45) is 0 Å². The topological polar surface area (TPSA) is 73.0 Å². The highest BCUT2D eigenvalue weighted by atomic mass is 19.4. The highest BCUT2D eigenvalue weighted by Crippen LogP contribution is 2.32. The SMILES string of the molecule is CN1CC=C(c2ccnc3[nH]cc(NC=O)c23)CC1.CNc1ccc(C(F)(F)F)cc1. The summed E-state index contributed by atoms with van der Waals surface area (Å²) in [5.74, 6) is 0. The molecule has 0 aliphatic carbocycles. The van der Waals surface area contributed by atoms with Gasteiger partial charge in [0, 0.05) is 43.6 Å². The van der Waals surface area contributed by atoms with Crippen LogP contribution in [0.3, 0.4) is 0 Å². The molecule has 3 heterocycles. The molecular weight excluding hydrogens is 407 g/mol. The molecule has 1 aliphatic rings. The first-order valence-electron chi connectivity index (χ1n) is 9.72. The van der Waals surface area contributed by atoms with Crippen molar-refractivity contribution in [2.45, 2.75) is 12.6 Å². The Labute approximate surface area is 178 Å². The summed E-state index contributed by atoms with van der Waals surface area (Å²) in [6, 6.07) is 6.90. The number of nitrogens with one attached hydrogen (secondary N) is 3. The van der Waals surface area contributed by atoms with Gasteiger partial charge in [0.2, 0.25) is 6.41 Å². The minimum absolute atomic E-state index is 0.624. The summed E-state index contributed by atoms with van der Waals surface area (Å²) in [5, 5.41) is 6.46. The number of rotatable bonds is 4. The molecule has 1 amide bonds. The molecule has 4 rings (SSSR count). The van der Waals surface area contributed by atoms with Gasteiger partial charge in [-0.05, 0) is 54.9 Å². The Hall–Kier alpha value is -3.33. The molecule has 6 nitrogen and oxygen atoms in total. The fourth-order valence-electron chi connectivity index (χ4n) is 3.34. The number of fused-ring (bicyclic) bond motifs is 1. The number of likely N-dealkylation sites (N-methyl/N-ethyl adjacent to an activating group) is 1. The van der Waals surface area contributed by atoms with Crippen molar-refractivity contribution in [3.8, 4) is 0 Å². The fourth-order valence-corrected chi connectivity index (χ4v) is 3.34. The standard InChI is InChI=1S/C14H16N4O.C8H8F3N/c1-18-6-3-10(4-7-18)11-2-5-15-14-13(11)12(8-16-14)17-9-19;1-12-7-4-2-6(3-5-7)8(9,10)11/h2-3,5,8-9H,4,6-7H2,1H3,(H,15,16)(H,17,19);2-5,12H,1H3. The van der Waals surface area contributed by atoms with Gasteiger partial charge in [0.15, 0.2) is 0 Å². The van der Waals surface area contributed by atoms with Crippen LogP contribution in [-0.2, 0) is 11.0 Å². The van der Waals surface area contributed by atoms with Crippen LogP contribution in [0, 0.1) is 0 Å². The first kappa shape index (κ1) is 22.4. The quantitative estimate of drug-likeness (QED) is 0.528. The van der Waals surface area contributed by atoms with Gasteiger partial charge in [0.1, 0.15) is 5.65 Å². The summed E-state index contributed by atoms with van der Waals surface area (Å²) in [4.78, 5) is 20.4.